The maximum atomic E-state index is 12.6. The lowest BCUT2D eigenvalue weighted by molar-refractivity contribution is -0.137. The van der Waals surface area contributed by atoms with Crippen LogP contribution in [0.25, 0.3) is 17.3 Å². The van der Waals surface area contributed by atoms with Gasteiger partial charge in [-0.3, -0.25) is 9.78 Å². The zero-order valence-electron chi connectivity index (χ0n) is 13.9. The largest absolute Gasteiger partial charge is 0.417 e. The quantitative estimate of drug-likeness (QED) is 0.387. The molecule has 3 aromatic rings. The molecule has 0 fully saturated rings. The van der Waals surface area contributed by atoms with Crippen molar-refractivity contribution in [3.8, 4) is 11.3 Å². The van der Waals surface area contributed by atoms with E-state index in [9.17, 15) is 18.0 Å². The first-order valence-electron chi connectivity index (χ1n) is 7.94. The van der Waals surface area contributed by atoms with E-state index in [1.807, 2.05) is 0 Å². The number of benzene rings is 2. The van der Waals surface area contributed by atoms with Gasteiger partial charge in [0.25, 0.3) is 0 Å². The van der Waals surface area contributed by atoms with Gasteiger partial charge in [-0.2, -0.15) is 13.2 Å². The lowest BCUT2D eigenvalue weighted by atomic mass is 10.1. The number of halogens is 4. The molecule has 2 aromatic carbocycles. The second-order valence-electron chi connectivity index (χ2n) is 5.76. The molecule has 1 aromatic heterocycles. The number of nitrogens with zero attached hydrogens (tertiary/aromatic N) is 1. The molecule has 3 rings (SSSR count). The zero-order chi connectivity index (χ0) is 19.4. The van der Waals surface area contributed by atoms with Gasteiger partial charge in [0.1, 0.15) is 0 Å². The van der Waals surface area contributed by atoms with Crippen molar-refractivity contribution >= 4 is 23.5 Å². The highest BCUT2D eigenvalue weighted by Crippen LogP contribution is 2.29. The number of hydrogen-bond acceptors (Lipinski definition) is 2. The molecule has 2 nitrogen and oxygen atoms in total. The average molecular weight is 388 g/mol. The zero-order valence-corrected chi connectivity index (χ0v) is 14.6. The maximum Gasteiger partial charge on any atom is 0.417 e. The van der Waals surface area contributed by atoms with E-state index >= 15 is 0 Å². The smallest absolute Gasteiger partial charge is 0.289 e. The van der Waals surface area contributed by atoms with Gasteiger partial charge in [-0.25, -0.2) is 0 Å². The molecule has 0 unspecified atom stereocenters. The average Bonchev–Trinajstić information content (AvgIpc) is 2.66. The summed E-state index contributed by atoms with van der Waals surface area (Å²) >= 11 is 5.80. The van der Waals surface area contributed by atoms with Gasteiger partial charge in [0, 0.05) is 22.3 Å². The van der Waals surface area contributed by atoms with Crippen molar-refractivity contribution in [3.05, 3.63) is 94.6 Å². The fraction of sp³-hybridized carbons (Fsp3) is 0.0476. The highest BCUT2D eigenvalue weighted by atomic mass is 35.5. The third-order valence-electron chi connectivity index (χ3n) is 3.85. The predicted octanol–water partition coefficient (Wildman–Crippen LogP) is 6.32. The molecular weight excluding hydrogens is 375 g/mol. The predicted molar refractivity (Wildman–Crippen MR) is 99.5 cm³/mol. The third kappa shape index (κ3) is 4.83. The molecule has 27 heavy (non-hydrogen) atoms. The highest BCUT2D eigenvalue weighted by molar-refractivity contribution is 6.30. The van der Waals surface area contributed by atoms with E-state index in [4.69, 9.17) is 11.6 Å². The molecule has 136 valence electrons. The minimum absolute atomic E-state index is 0.153. The van der Waals surface area contributed by atoms with Crippen LogP contribution in [0, 0.1) is 0 Å². The normalized spacial score (nSPS) is 11.7. The van der Waals surface area contributed by atoms with Gasteiger partial charge in [0.2, 0.25) is 0 Å². The third-order valence-corrected chi connectivity index (χ3v) is 4.11. The van der Waals surface area contributed by atoms with Crippen molar-refractivity contribution in [2.75, 3.05) is 0 Å². The SMILES string of the molecule is O=C(/C=C/c1ccc(-c2ccc(C(F)(F)F)cn2)cc1)c1ccc(Cl)cc1. The number of ketones is 1. The summed E-state index contributed by atoms with van der Waals surface area (Å²) in [5, 5.41) is 0.558. The number of alkyl halides is 3. The Bertz CT molecular complexity index is 960. The van der Waals surface area contributed by atoms with Gasteiger partial charge >= 0.3 is 6.18 Å². The Morgan fingerprint density at radius 2 is 1.59 bits per heavy atom. The van der Waals surface area contributed by atoms with Crippen molar-refractivity contribution in [1.82, 2.24) is 4.98 Å². The molecule has 0 aliphatic rings. The summed E-state index contributed by atoms with van der Waals surface area (Å²) in [6.07, 6.45) is -0.472. The van der Waals surface area contributed by atoms with Crippen LogP contribution in [0.15, 0.2) is 72.9 Å². The van der Waals surface area contributed by atoms with Crippen LogP contribution < -0.4 is 0 Å². The van der Waals surface area contributed by atoms with E-state index in [-0.39, 0.29) is 5.78 Å². The van der Waals surface area contributed by atoms with Crippen molar-refractivity contribution in [2.24, 2.45) is 0 Å². The fourth-order valence-corrected chi connectivity index (χ4v) is 2.51. The molecule has 0 spiro atoms. The number of aromatic nitrogens is 1. The van der Waals surface area contributed by atoms with E-state index in [0.717, 1.165) is 17.8 Å². The Morgan fingerprint density at radius 3 is 2.15 bits per heavy atom. The molecule has 0 bridgehead atoms. The van der Waals surface area contributed by atoms with Crippen molar-refractivity contribution < 1.29 is 18.0 Å². The molecule has 0 saturated heterocycles. The standard InChI is InChI=1S/C21H13ClF3NO/c22-18-9-6-16(7-10-18)20(27)12-3-14-1-4-15(5-2-14)19-11-8-17(13-26-19)21(23,24)25/h1-13H/b12-3+. The van der Waals surface area contributed by atoms with Crippen LogP contribution in [0.5, 0.6) is 0 Å². The van der Waals surface area contributed by atoms with Crippen LogP contribution in [-0.2, 0) is 6.18 Å². The van der Waals surface area contributed by atoms with Gasteiger partial charge in [0.05, 0.1) is 11.3 Å². The molecule has 0 N–H and O–H groups in total. The van der Waals surface area contributed by atoms with Crippen LogP contribution in [0.3, 0.4) is 0 Å². The van der Waals surface area contributed by atoms with Gasteiger partial charge in [-0.05, 0) is 48.0 Å². The minimum atomic E-state index is -4.41. The lowest BCUT2D eigenvalue weighted by Gasteiger charge is -2.07. The fourth-order valence-electron chi connectivity index (χ4n) is 2.38. The number of carbonyl (C=O) groups excluding carboxylic acids is 1. The first kappa shape index (κ1) is 18.9. The summed E-state index contributed by atoms with van der Waals surface area (Å²) in [5.41, 5.74) is 1.65. The van der Waals surface area contributed by atoms with Gasteiger partial charge in [-0.15, -0.1) is 0 Å². The summed E-state index contributed by atoms with van der Waals surface area (Å²) in [4.78, 5) is 16.0. The van der Waals surface area contributed by atoms with Crippen LogP contribution >= 0.6 is 11.6 Å². The van der Waals surface area contributed by atoms with E-state index < -0.39 is 11.7 Å². The Balaban J connectivity index is 1.71. The van der Waals surface area contributed by atoms with E-state index in [1.165, 1.54) is 12.1 Å². The van der Waals surface area contributed by atoms with E-state index in [1.54, 1.807) is 54.6 Å². The van der Waals surface area contributed by atoms with Crippen molar-refractivity contribution in [2.45, 2.75) is 6.18 Å². The molecule has 0 aliphatic carbocycles. The molecule has 0 saturated carbocycles. The lowest BCUT2D eigenvalue weighted by Crippen LogP contribution is -2.05. The first-order valence-corrected chi connectivity index (χ1v) is 8.32. The molecule has 0 atom stereocenters. The molecule has 0 amide bonds. The molecule has 6 heteroatoms. The second kappa shape index (κ2) is 7.76. The number of hydrogen-bond donors (Lipinski definition) is 0. The van der Waals surface area contributed by atoms with Gasteiger partial charge in [-0.1, -0.05) is 41.9 Å². The van der Waals surface area contributed by atoms with Crippen LogP contribution in [0.1, 0.15) is 21.5 Å². The maximum absolute atomic E-state index is 12.6. The number of allylic oxidation sites excluding steroid dienone is 1. The summed E-state index contributed by atoms with van der Waals surface area (Å²) in [6, 6.07) is 15.9. The van der Waals surface area contributed by atoms with Gasteiger partial charge < -0.3 is 0 Å². The summed E-state index contributed by atoms with van der Waals surface area (Å²) < 4.78 is 37.8. The van der Waals surface area contributed by atoms with Crippen LogP contribution in [0.2, 0.25) is 5.02 Å². The molecule has 0 aliphatic heterocycles. The van der Waals surface area contributed by atoms with Crippen LogP contribution in [0.4, 0.5) is 13.2 Å². The molecule has 0 radical (unpaired) electrons. The Labute approximate surface area is 158 Å². The summed E-state index contributed by atoms with van der Waals surface area (Å²) in [7, 11) is 0. The molecule has 1 heterocycles. The minimum Gasteiger partial charge on any atom is -0.289 e. The number of pyridine rings is 1. The van der Waals surface area contributed by atoms with Gasteiger partial charge in [0.15, 0.2) is 5.78 Å². The number of carbonyl (C=O) groups is 1. The highest BCUT2D eigenvalue weighted by Gasteiger charge is 2.30. The first-order chi connectivity index (χ1) is 12.8. The van der Waals surface area contributed by atoms with E-state index in [0.29, 0.717) is 21.8 Å². The topological polar surface area (TPSA) is 30.0 Å². The monoisotopic (exact) mass is 387 g/mol. The van der Waals surface area contributed by atoms with E-state index in [2.05, 4.69) is 4.98 Å². The number of rotatable bonds is 4. The molecular formula is C21H13ClF3NO. The summed E-state index contributed by atoms with van der Waals surface area (Å²) in [5.74, 6) is -0.153. The van der Waals surface area contributed by atoms with Crippen LogP contribution in [-0.4, -0.2) is 10.8 Å². The summed E-state index contributed by atoms with van der Waals surface area (Å²) in [6.45, 7) is 0. The Morgan fingerprint density at radius 1 is 0.926 bits per heavy atom. The Hall–Kier alpha value is -2.92. The van der Waals surface area contributed by atoms with Crippen molar-refractivity contribution in [3.63, 3.8) is 0 Å². The van der Waals surface area contributed by atoms with Crippen molar-refractivity contribution in [1.29, 1.82) is 0 Å². The second-order valence-corrected chi connectivity index (χ2v) is 6.19. The Kier molecular flexibility index (Phi) is 5.42.